The molecule has 2 N–H and O–H groups in total. The van der Waals surface area contributed by atoms with Crippen molar-refractivity contribution in [1.29, 1.82) is 0 Å². The third kappa shape index (κ3) is 8.15. The minimum atomic E-state index is -0.739. The number of para-hydroxylation sites is 2. The van der Waals surface area contributed by atoms with Gasteiger partial charge in [0.25, 0.3) is 0 Å². The quantitative estimate of drug-likeness (QED) is 0.108. The van der Waals surface area contributed by atoms with Gasteiger partial charge in [0, 0.05) is 0 Å². The van der Waals surface area contributed by atoms with Gasteiger partial charge in [-0.05, 0) is 28.8 Å². The minimum absolute atomic E-state index is 0.424. The van der Waals surface area contributed by atoms with Gasteiger partial charge >= 0.3 is 0 Å². The predicted molar refractivity (Wildman–Crippen MR) is 154 cm³/mol. The zero-order chi connectivity index (χ0) is 27.0. The van der Waals surface area contributed by atoms with Crippen molar-refractivity contribution in [3.05, 3.63) is 132 Å². The van der Waals surface area contributed by atoms with Gasteiger partial charge in [0.1, 0.15) is 18.0 Å². The Kier molecular flexibility index (Phi) is 11.4. The van der Waals surface area contributed by atoms with E-state index in [-0.39, 0.29) is 0 Å². The smallest absolute Gasteiger partial charge is 0.143 e. The van der Waals surface area contributed by atoms with Gasteiger partial charge in [-0.2, -0.15) is 0 Å². The number of benzene rings is 4. The van der Waals surface area contributed by atoms with Crippen LogP contribution < -0.4 is 10.5 Å². The first-order valence-corrected chi connectivity index (χ1v) is 13.3. The van der Waals surface area contributed by atoms with Crippen molar-refractivity contribution in [3.63, 3.8) is 0 Å². The minimum Gasteiger partial charge on any atom is -0.489 e. The molecular formula is C33H37NO5. The molecule has 0 unspecified atom stereocenters. The molecule has 204 valence electrons. The summed E-state index contributed by atoms with van der Waals surface area (Å²) in [6.07, 6.45) is 0. The first-order valence-electron chi connectivity index (χ1n) is 13.3. The summed E-state index contributed by atoms with van der Waals surface area (Å²) in [5, 5.41) is 0. The van der Waals surface area contributed by atoms with E-state index in [0.29, 0.717) is 64.3 Å². The fourth-order valence-electron chi connectivity index (χ4n) is 4.39. The number of rotatable bonds is 17. The van der Waals surface area contributed by atoms with Crippen LogP contribution in [-0.4, -0.2) is 52.9 Å². The van der Waals surface area contributed by atoms with Crippen LogP contribution in [0.2, 0.25) is 0 Å². The molecule has 0 atom stereocenters. The van der Waals surface area contributed by atoms with Gasteiger partial charge in [0.15, 0.2) is 0 Å². The molecule has 0 spiro atoms. The summed E-state index contributed by atoms with van der Waals surface area (Å²) in [6, 6.07) is 38.4. The van der Waals surface area contributed by atoms with Gasteiger partial charge in [0.05, 0.1) is 51.9 Å². The molecule has 0 saturated carbocycles. The molecule has 4 aromatic rings. The van der Waals surface area contributed by atoms with Crippen LogP contribution >= 0.6 is 0 Å². The van der Waals surface area contributed by atoms with Crippen molar-refractivity contribution in [2.24, 2.45) is 0 Å². The molecule has 0 bridgehead atoms. The lowest BCUT2D eigenvalue weighted by Crippen LogP contribution is -2.34. The molecular weight excluding hydrogens is 490 g/mol. The van der Waals surface area contributed by atoms with Crippen LogP contribution in [0.15, 0.2) is 115 Å². The molecule has 6 heteroatoms. The van der Waals surface area contributed by atoms with Crippen molar-refractivity contribution in [2.45, 2.75) is 5.60 Å². The van der Waals surface area contributed by atoms with E-state index in [2.05, 4.69) is 36.4 Å². The number of anilines is 1. The summed E-state index contributed by atoms with van der Waals surface area (Å²) in [7, 11) is 0. The van der Waals surface area contributed by atoms with Crippen molar-refractivity contribution in [2.75, 3.05) is 58.6 Å². The molecule has 0 heterocycles. The average molecular weight is 528 g/mol. The molecule has 0 aliphatic heterocycles. The maximum absolute atomic E-state index is 6.70. The van der Waals surface area contributed by atoms with Gasteiger partial charge in [-0.3, -0.25) is 0 Å². The van der Waals surface area contributed by atoms with Crippen LogP contribution in [0.1, 0.15) is 16.7 Å². The van der Waals surface area contributed by atoms with Crippen LogP contribution in [0, 0.1) is 0 Å². The largest absolute Gasteiger partial charge is 0.489 e. The van der Waals surface area contributed by atoms with E-state index in [4.69, 9.17) is 29.4 Å². The molecule has 4 rings (SSSR count). The molecule has 0 amide bonds. The molecule has 0 aliphatic carbocycles. The average Bonchev–Trinajstić information content (AvgIpc) is 3.00. The molecule has 0 radical (unpaired) electrons. The van der Waals surface area contributed by atoms with Crippen LogP contribution in [0.4, 0.5) is 5.69 Å². The third-order valence-corrected chi connectivity index (χ3v) is 6.24. The Morgan fingerprint density at radius 2 is 0.821 bits per heavy atom. The maximum Gasteiger partial charge on any atom is 0.143 e. The molecule has 0 aromatic heterocycles. The first kappa shape index (κ1) is 28.3. The van der Waals surface area contributed by atoms with E-state index in [9.17, 15) is 0 Å². The molecule has 39 heavy (non-hydrogen) atoms. The van der Waals surface area contributed by atoms with Crippen LogP contribution in [0.25, 0.3) is 0 Å². The second kappa shape index (κ2) is 15.7. The van der Waals surface area contributed by atoms with Gasteiger partial charge in [-0.15, -0.1) is 0 Å². The fraction of sp³-hybridized carbons (Fsp3) is 0.273. The molecule has 0 fully saturated rings. The van der Waals surface area contributed by atoms with Crippen molar-refractivity contribution >= 4 is 5.69 Å². The van der Waals surface area contributed by atoms with Gasteiger partial charge < -0.3 is 29.4 Å². The Morgan fingerprint density at radius 3 is 1.28 bits per heavy atom. The monoisotopic (exact) mass is 527 g/mol. The topological polar surface area (TPSA) is 72.2 Å². The lowest BCUT2D eigenvalue weighted by Gasteiger charge is -2.36. The number of nitrogens with two attached hydrogens (primary N) is 1. The summed E-state index contributed by atoms with van der Waals surface area (Å²) < 4.78 is 29.3. The number of ether oxygens (including phenoxy) is 5. The lowest BCUT2D eigenvalue weighted by atomic mass is 9.80. The summed E-state index contributed by atoms with van der Waals surface area (Å²) >= 11 is 0. The predicted octanol–water partition coefficient (Wildman–Crippen LogP) is 5.71. The van der Waals surface area contributed by atoms with Gasteiger partial charge in [0.2, 0.25) is 0 Å². The van der Waals surface area contributed by atoms with E-state index in [1.807, 2.05) is 78.9 Å². The van der Waals surface area contributed by atoms with E-state index in [1.54, 1.807) is 0 Å². The standard InChI is InChI=1S/C33H37NO5/c34-31-18-10-11-19-32(31)38-26-24-36-22-20-35-21-23-37-25-27-39-33(28-12-4-1-5-13-28,29-14-6-2-7-15-29)30-16-8-3-9-17-30/h1-19H,20-27,34H2. The molecule has 4 aromatic carbocycles. The third-order valence-electron chi connectivity index (χ3n) is 6.24. The van der Waals surface area contributed by atoms with Gasteiger partial charge in [-0.25, -0.2) is 0 Å². The Labute approximate surface area is 231 Å². The Morgan fingerprint density at radius 1 is 0.436 bits per heavy atom. The maximum atomic E-state index is 6.70. The van der Waals surface area contributed by atoms with Crippen molar-refractivity contribution < 1.29 is 23.7 Å². The number of nitrogen functional groups attached to an aromatic ring is 1. The zero-order valence-electron chi connectivity index (χ0n) is 22.2. The highest BCUT2D eigenvalue weighted by Gasteiger charge is 2.37. The van der Waals surface area contributed by atoms with Crippen LogP contribution in [0.5, 0.6) is 5.75 Å². The molecule has 0 aliphatic rings. The Balaban J connectivity index is 1.18. The summed E-state index contributed by atoms with van der Waals surface area (Å²) in [5.74, 6) is 0.673. The fourth-order valence-corrected chi connectivity index (χ4v) is 4.39. The Bertz CT molecular complexity index is 1110. The second-order valence-corrected chi connectivity index (χ2v) is 8.85. The lowest BCUT2D eigenvalue weighted by molar-refractivity contribution is -0.0373. The normalized spacial score (nSPS) is 11.4. The summed E-state index contributed by atoms with van der Waals surface area (Å²) in [6.45, 7) is 3.74. The van der Waals surface area contributed by atoms with Crippen LogP contribution in [-0.2, 0) is 24.5 Å². The highest BCUT2D eigenvalue weighted by Crippen LogP contribution is 2.40. The highest BCUT2D eigenvalue weighted by atomic mass is 16.6. The SMILES string of the molecule is Nc1ccccc1OCCOCCOCCOCCOC(c1ccccc1)(c1ccccc1)c1ccccc1. The van der Waals surface area contributed by atoms with Crippen LogP contribution in [0.3, 0.4) is 0 Å². The first-order chi connectivity index (χ1) is 19.3. The Hall–Kier alpha value is -3.68. The van der Waals surface area contributed by atoms with E-state index in [1.165, 1.54) is 0 Å². The number of hydrogen-bond acceptors (Lipinski definition) is 6. The van der Waals surface area contributed by atoms with Crippen molar-refractivity contribution in [1.82, 2.24) is 0 Å². The zero-order valence-corrected chi connectivity index (χ0v) is 22.2. The molecule has 0 saturated heterocycles. The molecule has 6 nitrogen and oxygen atoms in total. The second-order valence-electron chi connectivity index (χ2n) is 8.85. The summed E-state index contributed by atoms with van der Waals surface area (Å²) in [4.78, 5) is 0. The van der Waals surface area contributed by atoms with Crippen molar-refractivity contribution in [3.8, 4) is 5.75 Å². The van der Waals surface area contributed by atoms with E-state index < -0.39 is 5.60 Å². The highest BCUT2D eigenvalue weighted by molar-refractivity contribution is 5.51. The number of hydrogen-bond donors (Lipinski definition) is 1. The summed E-state index contributed by atoms with van der Waals surface area (Å²) in [5.41, 5.74) is 8.96. The van der Waals surface area contributed by atoms with E-state index >= 15 is 0 Å². The van der Waals surface area contributed by atoms with Gasteiger partial charge in [-0.1, -0.05) is 103 Å². The van der Waals surface area contributed by atoms with E-state index in [0.717, 1.165) is 16.7 Å².